The van der Waals surface area contributed by atoms with Crippen LogP contribution in [-0.4, -0.2) is 34.7 Å². The second kappa shape index (κ2) is 9.58. The zero-order chi connectivity index (χ0) is 25.5. The molecule has 7 heteroatoms. The van der Waals surface area contributed by atoms with Gasteiger partial charge in [-0.2, -0.15) is 0 Å². The Morgan fingerprint density at radius 3 is 2.46 bits per heavy atom. The monoisotopic (exact) mass is 500 g/mol. The summed E-state index contributed by atoms with van der Waals surface area (Å²) in [6.45, 7) is 2.64. The Morgan fingerprint density at radius 2 is 1.81 bits per heavy atom. The van der Waals surface area contributed by atoms with Gasteiger partial charge in [0.25, 0.3) is 0 Å². The van der Waals surface area contributed by atoms with Gasteiger partial charge in [0.2, 0.25) is 23.6 Å². The maximum Gasteiger partial charge on any atom is 0.227 e. The van der Waals surface area contributed by atoms with Gasteiger partial charge in [-0.25, -0.2) is 4.98 Å². The first-order valence-corrected chi connectivity index (χ1v) is 13.7. The molecule has 194 valence electrons. The van der Waals surface area contributed by atoms with E-state index in [1.54, 1.807) is 13.3 Å². The molecule has 7 rings (SSSR count). The number of aryl methyl sites for hydroxylation is 1. The predicted molar refractivity (Wildman–Crippen MR) is 141 cm³/mol. The summed E-state index contributed by atoms with van der Waals surface area (Å²) in [5, 5.41) is 8.51. The minimum absolute atomic E-state index is 0.0180. The lowest BCUT2D eigenvalue weighted by molar-refractivity contribution is -0.120. The first-order valence-electron chi connectivity index (χ1n) is 13.7. The van der Waals surface area contributed by atoms with Crippen LogP contribution in [0.4, 0.5) is 5.69 Å². The molecule has 4 fully saturated rings. The number of rotatable bonds is 8. The minimum Gasteiger partial charge on any atom is -0.481 e. The molecule has 2 aromatic heterocycles. The van der Waals surface area contributed by atoms with Gasteiger partial charge >= 0.3 is 0 Å². The van der Waals surface area contributed by atoms with E-state index in [1.807, 2.05) is 19.1 Å². The lowest BCUT2D eigenvalue weighted by Crippen LogP contribution is -2.51. The highest BCUT2D eigenvalue weighted by Gasteiger charge is 2.52. The molecule has 0 N–H and O–H groups in total. The molecule has 7 nitrogen and oxygen atoms in total. The maximum absolute atomic E-state index is 13.8. The number of methoxy groups -OCH3 is 1. The van der Waals surface area contributed by atoms with E-state index in [4.69, 9.17) is 9.15 Å². The summed E-state index contributed by atoms with van der Waals surface area (Å²) >= 11 is 0. The lowest BCUT2D eigenvalue weighted by Gasteiger charge is -2.53. The van der Waals surface area contributed by atoms with Crippen LogP contribution in [0.3, 0.4) is 0 Å². The van der Waals surface area contributed by atoms with E-state index in [-0.39, 0.29) is 16.7 Å². The molecule has 0 saturated heterocycles. The van der Waals surface area contributed by atoms with Crippen LogP contribution in [-0.2, 0) is 10.2 Å². The number of carbonyl (C=O) groups excluding carboxylic acids is 1. The smallest absolute Gasteiger partial charge is 0.227 e. The number of hydrogen-bond donors (Lipinski definition) is 0. The standard InChI is InChI=1S/C30H36N4O3/c1-21-32-33-28(37-21)30-13-10-29(11-14-30,12-15-30)20-34(27(35)17-22-5-3-6-22)25-8-4-7-23(18-25)24-9-16-31-26(19-24)36-2/h4,7-9,16,18-19,22H,3,5-6,10-15,17,20H2,1-2H3. The van der Waals surface area contributed by atoms with Crippen LogP contribution in [0.15, 0.2) is 47.0 Å². The molecule has 0 aliphatic heterocycles. The quantitative estimate of drug-likeness (QED) is 0.363. The van der Waals surface area contributed by atoms with Gasteiger partial charge in [-0.05, 0) is 92.0 Å². The molecule has 0 radical (unpaired) electrons. The third kappa shape index (κ3) is 4.64. The zero-order valence-corrected chi connectivity index (χ0v) is 21.9. The largest absolute Gasteiger partial charge is 0.481 e. The third-order valence-corrected chi connectivity index (χ3v) is 9.30. The van der Waals surface area contributed by atoms with Gasteiger partial charge in [-0.3, -0.25) is 4.79 Å². The van der Waals surface area contributed by atoms with Crippen LogP contribution >= 0.6 is 0 Å². The fraction of sp³-hybridized carbons (Fsp3) is 0.533. The van der Waals surface area contributed by atoms with E-state index in [9.17, 15) is 4.79 Å². The average molecular weight is 501 g/mol. The van der Waals surface area contributed by atoms with Crippen molar-refractivity contribution in [3.8, 4) is 17.0 Å². The second-order valence-electron chi connectivity index (χ2n) is 11.5. The number of pyridine rings is 1. The van der Waals surface area contributed by atoms with Gasteiger partial charge in [0.15, 0.2) is 0 Å². The molecule has 1 aromatic carbocycles. The highest BCUT2D eigenvalue weighted by atomic mass is 16.5. The molecule has 1 amide bonds. The van der Waals surface area contributed by atoms with Crippen molar-refractivity contribution in [1.82, 2.24) is 15.2 Å². The predicted octanol–water partition coefficient (Wildman–Crippen LogP) is 6.26. The summed E-state index contributed by atoms with van der Waals surface area (Å²) in [5.74, 6) is 2.84. The average Bonchev–Trinajstić information content (AvgIpc) is 3.37. The molecule has 3 aromatic rings. The Balaban J connectivity index is 1.27. The summed E-state index contributed by atoms with van der Waals surface area (Å²) in [6.07, 6.45) is 12.4. The van der Waals surface area contributed by atoms with E-state index < -0.39 is 0 Å². The molecule has 4 saturated carbocycles. The maximum atomic E-state index is 13.8. The molecule has 2 bridgehead atoms. The van der Waals surface area contributed by atoms with Crippen LogP contribution < -0.4 is 9.64 Å². The molecular formula is C30H36N4O3. The molecular weight excluding hydrogens is 464 g/mol. The van der Waals surface area contributed by atoms with Crippen molar-refractivity contribution in [2.45, 2.75) is 76.5 Å². The zero-order valence-electron chi connectivity index (χ0n) is 21.9. The normalized spacial score (nSPS) is 25.0. The summed E-state index contributed by atoms with van der Waals surface area (Å²) < 4.78 is 11.2. The second-order valence-corrected chi connectivity index (χ2v) is 11.5. The number of benzene rings is 1. The summed E-state index contributed by atoms with van der Waals surface area (Å²) in [5.41, 5.74) is 3.25. The van der Waals surface area contributed by atoms with Crippen molar-refractivity contribution in [2.24, 2.45) is 11.3 Å². The van der Waals surface area contributed by atoms with Gasteiger partial charge < -0.3 is 14.1 Å². The Bertz CT molecular complexity index is 1260. The van der Waals surface area contributed by atoms with Gasteiger partial charge in [0.1, 0.15) is 0 Å². The molecule has 4 aliphatic rings. The topological polar surface area (TPSA) is 81.4 Å². The summed E-state index contributed by atoms with van der Waals surface area (Å²) in [7, 11) is 1.63. The van der Waals surface area contributed by atoms with Crippen LogP contribution in [0.5, 0.6) is 5.88 Å². The van der Waals surface area contributed by atoms with Gasteiger partial charge in [-0.1, -0.05) is 18.6 Å². The molecule has 2 heterocycles. The summed E-state index contributed by atoms with van der Waals surface area (Å²) in [6, 6.07) is 12.3. The van der Waals surface area contributed by atoms with Crippen molar-refractivity contribution in [2.75, 3.05) is 18.6 Å². The minimum atomic E-state index is 0.0180. The van der Waals surface area contributed by atoms with Crippen molar-refractivity contribution >= 4 is 11.6 Å². The fourth-order valence-corrected chi connectivity index (χ4v) is 6.60. The molecule has 4 aliphatic carbocycles. The fourth-order valence-electron chi connectivity index (χ4n) is 6.60. The highest BCUT2D eigenvalue weighted by Crippen LogP contribution is 2.58. The van der Waals surface area contributed by atoms with Gasteiger partial charge in [0.05, 0.1) is 7.11 Å². The van der Waals surface area contributed by atoms with Gasteiger partial charge in [0, 0.05) is 43.3 Å². The van der Waals surface area contributed by atoms with Crippen molar-refractivity contribution in [1.29, 1.82) is 0 Å². The first kappa shape index (κ1) is 24.1. The van der Waals surface area contributed by atoms with E-state index in [1.165, 1.54) is 19.3 Å². The first-order chi connectivity index (χ1) is 18.0. The molecule has 0 atom stereocenters. The van der Waals surface area contributed by atoms with Gasteiger partial charge in [-0.15, -0.1) is 10.2 Å². The number of carbonyl (C=O) groups is 1. The Hall–Kier alpha value is -3.22. The lowest BCUT2D eigenvalue weighted by atomic mass is 9.53. The van der Waals surface area contributed by atoms with E-state index >= 15 is 0 Å². The van der Waals surface area contributed by atoms with Crippen molar-refractivity contribution < 1.29 is 13.9 Å². The van der Waals surface area contributed by atoms with Crippen LogP contribution in [0.1, 0.15) is 76.0 Å². The van der Waals surface area contributed by atoms with E-state index in [0.29, 0.717) is 24.1 Å². The van der Waals surface area contributed by atoms with E-state index in [0.717, 1.165) is 67.8 Å². The van der Waals surface area contributed by atoms with Crippen molar-refractivity contribution in [3.05, 3.63) is 54.4 Å². The number of nitrogens with zero attached hydrogens (tertiary/aromatic N) is 4. The van der Waals surface area contributed by atoms with E-state index in [2.05, 4.69) is 44.3 Å². The Labute approximate surface area is 218 Å². The van der Waals surface area contributed by atoms with Crippen LogP contribution in [0.2, 0.25) is 0 Å². The summed E-state index contributed by atoms with van der Waals surface area (Å²) in [4.78, 5) is 20.1. The number of amides is 1. The number of fused-ring (bicyclic) bond motifs is 3. The SMILES string of the molecule is COc1cc(-c2cccc(N(CC34CCC(c5nnc(C)o5)(CC3)CC4)C(=O)CC3CCC3)c2)ccn1. The number of aromatic nitrogens is 3. The molecule has 37 heavy (non-hydrogen) atoms. The van der Waals surface area contributed by atoms with Crippen LogP contribution in [0.25, 0.3) is 11.1 Å². The van der Waals surface area contributed by atoms with Crippen molar-refractivity contribution in [3.63, 3.8) is 0 Å². The van der Waals surface area contributed by atoms with Crippen LogP contribution in [0, 0.1) is 18.3 Å². The Kier molecular flexibility index (Phi) is 6.25. The number of anilines is 1. The third-order valence-electron chi connectivity index (χ3n) is 9.30. The number of hydrogen-bond acceptors (Lipinski definition) is 6. The number of ether oxygens (including phenoxy) is 1. The molecule has 0 spiro atoms. The molecule has 0 unspecified atom stereocenters. The highest BCUT2D eigenvalue weighted by molar-refractivity contribution is 5.94. The Morgan fingerprint density at radius 1 is 1.05 bits per heavy atom.